The number of rotatable bonds is 9. The number of hydrogen-bond donors (Lipinski definition) is 3. The van der Waals surface area contributed by atoms with Gasteiger partial charge in [-0.25, -0.2) is 5.48 Å². The van der Waals surface area contributed by atoms with E-state index in [2.05, 4.69) is 25.8 Å². The molecule has 2 amide bonds. The number of nitrogens with one attached hydrogen (secondary N) is 2. The number of methoxy groups -OCH3 is 1. The number of amides is 2. The highest BCUT2D eigenvalue weighted by Crippen LogP contribution is 2.34. The van der Waals surface area contributed by atoms with E-state index in [0.717, 1.165) is 22.4 Å². The molecule has 0 bridgehead atoms. The fourth-order valence-corrected chi connectivity index (χ4v) is 4.97. The highest BCUT2D eigenvalue weighted by Gasteiger charge is 2.30. The van der Waals surface area contributed by atoms with Crippen molar-refractivity contribution in [2.45, 2.75) is 25.8 Å². The summed E-state index contributed by atoms with van der Waals surface area (Å²) in [5, 5.41) is 22.5. The zero-order valence-electron chi connectivity index (χ0n) is 23.2. The van der Waals surface area contributed by atoms with Crippen LogP contribution in [0.4, 0.5) is 0 Å². The van der Waals surface area contributed by atoms with E-state index < -0.39 is 11.9 Å². The predicted molar refractivity (Wildman–Crippen MR) is 156 cm³/mol. The molecule has 1 aliphatic rings. The van der Waals surface area contributed by atoms with E-state index in [1.54, 1.807) is 25.3 Å². The Kier molecular flexibility index (Phi) is 8.51. The quantitative estimate of drug-likeness (QED) is 0.252. The second kappa shape index (κ2) is 12.4. The first kappa shape index (κ1) is 28.8. The van der Waals surface area contributed by atoms with Crippen molar-refractivity contribution in [2.24, 2.45) is 4.99 Å². The number of aromatic hydroxyl groups is 1. The van der Waals surface area contributed by atoms with E-state index in [0.29, 0.717) is 41.1 Å². The molecular weight excluding hydrogens is 560 g/mol. The van der Waals surface area contributed by atoms with Gasteiger partial charge in [-0.05, 0) is 61.4 Å². The largest absolute Gasteiger partial charge is 0.507 e. The Labute approximate surface area is 247 Å². The van der Waals surface area contributed by atoms with Crippen LogP contribution in [0.1, 0.15) is 51.2 Å². The van der Waals surface area contributed by atoms with Crippen LogP contribution in [0.25, 0.3) is 5.69 Å². The van der Waals surface area contributed by atoms with Gasteiger partial charge in [0.15, 0.2) is 5.82 Å². The van der Waals surface area contributed by atoms with E-state index >= 15 is 0 Å². The van der Waals surface area contributed by atoms with Crippen molar-refractivity contribution in [1.29, 1.82) is 0 Å². The number of phenolic OH excluding ortho intramolecular Hbond substituents is 1. The third-order valence-electron chi connectivity index (χ3n) is 6.87. The Hall–Kier alpha value is -4.74. The van der Waals surface area contributed by atoms with Gasteiger partial charge in [0.2, 0.25) is 5.91 Å². The number of aromatic nitrogens is 3. The van der Waals surface area contributed by atoms with Gasteiger partial charge < -0.3 is 15.2 Å². The van der Waals surface area contributed by atoms with Crippen LogP contribution in [0, 0.1) is 6.92 Å². The molecule has 4 aromatic rings. The Bertz CT molecular complexity index is 1670. The minimum absolute atomic E-state index is 0.0295. The zero-order chi connectivity index (χ0) is 29.8. The topological polar surface area (TPSA) is 140 Å². The molecule has 42 heavy (non-hydrogen) atoms. The van der Waals surface area contributed by atoms with E-state index in [9.17, 15) is 14.7 Å². The molecule has 0 saturated carbocycles. The van der Waals surface area contributed by atoms with E-state index in [-0.39, 0.29) is 23.6 Å². The van der Waals surface area contributed by atoms with Crippen molar-refractivity contribution >= 4 is 29.1 Å². The number of hydrogen-bond acceptors (Lipinski definition) is 8. The smallest absolute Gasteiger partial charge is 0.278 e. The first-order valence-corrected chi connectivity index (χ1v) is 13.5. The van der Waals surface area contributed by atoms with E-state index in [1.165, 1.54) is 19.2 Å². The van der Waals surface area contributed by atoms with Crippen LogP contribution in [-0.2, 0) is 16.1 Å². The van der Waals surface area contributed by atoms with Crippen molar-refractivity contribution in [3.8, 4) is 17.2 Å². The van der Waals surface area contributed by atoms with Crippen LogP contribution in [0.15, 0.2) is 65.7 Å². The number of ether oxygens (including phenoxy) is 1. The third-order valence-corrected chi connectivity index (χ3v) is 7.12. The molecule has 5 rings (SSSR count). The Morgan fingerprint density at radius 3 is 2.55 bits per heavy atom. The molecule has 0 aliphatic carbocycles. The maximum atomic E-state index is 13.2. The fourth-order valence-electron chi connectivity index (χ4n) is 4.84. The summed E-state index contributed by atoms with van der Waals surface area (Å²) in [7, 11) is 2.92. The summed E-state index contributed by atoms with van der Waals surface area (Å²) in [5.41, 5.74) is 6.15. The monoisotopic (exact) mass is 588 g/mol. The van der Waals surface area contributed by atoms with Gasteiger partial charge in [0, 0.05) is 22.7 Å². The van der Waals surface area contributed by atoms with Gasteiger partial charge in [-0.3, -0.25) is 24.0 Å². The number of carbonyl (C=O) groups excluding carboxylic acids is 2. The minimum Gasteiger partial charge on any atom is -0.507 e. The van der Waals surface area contributed by atoms with E-state index in [4.69, 9.17) is 21.3 Å². The summed E-state index contributed by atoms with van der Waals surface area (Å²) in [5.74, 6) is 0.916. The second-order valence-corrected chi connectivity index (χ2v) is 10.1. The van der Waals surface area contributed by atoms with E-state index in [1.807, 2.05) is 41.8 Å². The number of fused-ring (bicyclic) bond motifs is 3. The molecule has 1 aromatic heterocycles. The normalized spacial score (nSPS) is 13.8. The number of aliphatic imine (C=N–C) groups is 1. The summed E-state index contributed by atoms with van der Waals surface area (Å²) in [6.45, 7) is 2.17. The molecule has 11 nitrogen and oxygen atoms in total. The molecule has 0 fully saturated rings. The van der Waals surface area contributed by atoms with Gasteiger partial charge in [-0.15, -0.1) is 10.2 Å². The molecule has 2 heterocycles. The molecule has 3 aromatic carbocycles. The van der Waals surface area contributed by atoms with Crippen LogP contribution in [0.5, 0.6) is 11.5 Å². The standard InChI is InChI=1S/C30H29ClN6O5/c1-17-34-35-29-24(16-27(39)32-13-12-18-4-10-22(26(38)14-18)30(40)36-42-3)33-28(19-5-7-20(31)8-6-19)23-15-21(41-2)9-11-25(23)37(17)29/h4-11,14-15,24,38H,12-13,16H2,1-3H3,(H,32,39)(H,36,40). The second-order valence-electron chi connectivity index (χ2n) is 9.62. The lowest BCUT2D eigenvalue weighted by atomic mass is 10.00. The van der Waals surface area contributed by atoms with Crippen molar-refractivity contribution in [3.63, 3.8) is 0 Å². The third kappa shape index (κ3) is 5.97. The number of nitrogens with zero attached hydrogens (tertiary/aromatic N) is 4. The Morgan fingerprint density at radius 1 is 1.05 bits per heavy atom. The first-order valence-electron chi connectivity index (χ1n) is 13.2. The first-order chi connectivity index (χ1) is 20.3. The molecule has 0 radical (unpaired) electrons. The Balaban J connectivity index is 1.39. The number of phenols is 1. The molecule has 0 saturated heterocycles. The van der Waals surface area contributed by atoms with Crippen LogP contribution >= 0.6 is 11.6 Å². The van der Waals surface area contributed by atoms with Crippen LogP contribution < -0.4 is 15.5 Å². The molecule has 1 atom stereocenters. The number of hydroxylamine groups is 1. The Morgan fingerprint density at radius 2 is 1.83 bits per heavy atom. The molecule has 3 N–H and O–H groups in total. The minimum atomic E-state index is -0.627. The maximum Gasteiger partial charge on any atom is 0.278 e. The maximum absolute atomic E-state index is 13.2. The van der Waals surface area contributed by atoms with Gasteiger partial charge in [0.05, 0.1) is 37.6 Å². The lowest BCUT2D eigenvalue weighted by Crippen LogP contribution is -2.27. The molecule has 1 unspecified atom stereocenters. The summed E-state index contributed by atoms with van der Waals surface area (Å²) >= 11 is 6.17. The van der Waals surface area contributed by atoms with Gasteiger partial charge in [0.25, 0.3) is 5.91 Å². The van der Waals surface area contributed by atoms with Crippen LogP contribution in [0.3, 0.4) is 0 Å². The molecular formula is C30H29ClN6O5. The molecule has 0 spiro atoms. The summed E-state index contributed by atoms with van der Waals surface area (Å²) in [6.07, 6.45) is 0.470. The molecule has 216 valence electrons. The summed E-state index contributed by atoms with van der Waals surface area (Å²) in [4.78, 5) is 34.8. The number of halogens is 1. The lowest BCUT2D eigenvalue weighted by molar-refractivity contribution is -0.121. The van der Waals surface area contributed by atoms with Gasteiger partial charge in [0.1, 0.15) is 23.4 Å². The van der Waals surface area contributed by atoms with Gasteiger partial charge in [-0.2, -0.15) is 0 Å². The highest BCUT2D eigenvalue weighted by molar-refractivity contribution is 6.30. The van der Waals surface area contributed by atoms with Crippen molar-refractivity contribution in [1.82, 2.24) is 25.6 Å². The zero-order valence-corrected chi connectivity index (χ0v) is 24.0. The average Bonchev–Trinajstić information content (AvgIpc) is 3.30. The number of benzene rings is 3. The summed E-state index contributed by atoms with van der Waals surface area (Å²) < 4.78 is 7.43. The lowest BCUT2D eigenvalue weighted by Gasteiger charge is -2.14. The van der Waals surface area contributed by atoms with Crippen molar-refractivity contribution in [2.75, 3.05) is 20.8 Å². The van der Waals surface area contributed by atoms with Crippen LogP contribution in [-0.4, -0.2) is 58.2 Å². The highest BCUT2D eigenvalue weighted by atomic mass is 35.5. The van der Waals surface area contributed by atoms with Crippen LogP contribution in [0.2, 0.25) is 5.02 Å². The number of carbonyl (C=O) groups is 2. The molecule has 12 heteroatoms. The van der Waals surface area contributed by atoms with Crippen molar-refractivity contribution in [3.05, 3.63) is 99.6 Å². The summed E-state index contributed by atoms with van der Waals surface area (Å²) in [6, 6.07) is 17.2. The van der Waals surface area contributed by atoms with Gasteiger partial charge >= 0.3 is 0 Å². The average molecular weight is 589 g/mol. The predicted octanol–water partition coefficient (Wildman–Crippen LogP) is 3.88. The van der Waals surface area contributed by atoms with Gasteiger partial charge in [-0.1, -0.05) is 29.8 Å². The van der Waals surface area contributed by atoms with Crippen molar-refractivity contribution < 1.29 is 24.3 Å². The molecule has 1 aliphatic heterocycles. The SMILES string of the molecule is CONC(=O)c1ccc(CCNC(=O)CC2N=C(c3ccc(Cl)cc3)c3cc(OC)ccc3-n3c(C)nnc32)cc1O. The fraction of sp³-hybridized carbons (Fsp3) is 0.233. The number of aryl methyl sites for hydroxylation is 1.